The molecular weight excluding hydrogens is 269 g/mol. The summed E-state index contributed by atoms with van der Waals surface area (Å²) in [6.07, 6.45) is -0.163. The molecule has 104 valence electrons. The van der Waals surface area contributed by atoms with Crippen molar-refractivity contribution in [2.24, 2.45) is 0 Å². The Labute approximate surface area is 113 Å². The Kier molecular flexibility index (Phi) is 4.40. The minimum absolute atomic E-state index is 0.163. The maximum Gasteiger partial charge on any atom is 0.174 e. The summed E-state index contributed by atoms with van der Waals surface area (Å²) >= 11 is 0. The number of hydrogen-bond donors (Lipinski definition) is 0. The summed E-state index contributed by atoms with van der Waals surface area (Å²) in [5.74, 6) is -2.68. The molecule has 0 radical (unpaired) electrons. The molecule has 2 aromatic rings. The summed E-state index contributed by atoms with van der Waals surface area (Å²) in [5, 5.41) is 0. The van der Waals surface area contributed by atoms with E-state index in [4.69, 9.17) is 4.74 Å². The molecule has 2 aromatic carbocycles. The van der Waals surface area contributed by atoms with Crippen molar-refractivity contribution in [2.45, 2.75) is 6.42 Å². The number of rotatable bonds is 5. The molecule has 0 aromatic heterocycles. The average Bonchev–Trinajstić information content (AvgIpc) is 2.42. The zero-order valence-electron chi connectivity index (χ0n) is 10.4. The van der Waals surface area contributed by atoms with E-state index in [9.17, 15) is 18.0 Å². The quantitative estimate of drug-likeness (QED) is 0.840. The monoisotopic (exact) mass is 280 g/mol. The molecule has 20 heavy (non-hydrogen) atoms. The van der Waals surface area contributed by atoms with Crippen molar-refractivity contribution in [2.75, 3.05) is 6.61 Å². The van der Waals surface area contributed by atoms with Crippen molar-refractivity contribution in [3.05, 3.63) is 65.5 Å². The highest BCUT2D eigenvalue weighted by Crippen LogP contribution is 2.18. The van der Waals surface area contributed by atoms with Crippen molar-refractivity contribution >= 4 is 5.78 Å². The van der Waals surface area contributed by atoms with E-state index in [1.54, 1.807) is 6.07 Å². The number of halogens is 3. The Bertz CT molecular complexity index is 626. The third kappa shape index (κ3) is 3.60. The normalized spacial score (nSPS) is 10.3. The number of ether oxygens (including phenoxy) is 1. The van der Waals surface area contributed by atoms with E-state index in [0.29, 0.717) is 0 Å². The first-order chi connectivity index (χ1) is 9.56. The third-order valence-corrected chi connectivity index (χ3v) is 2.63. The van der Waals surface area contributed by atoms with Crippen LogP contribution < -0.4 is 4.74 Å². The fraction of sp³-hybridized carbons (Fsp3) is 0.133. The first-order valence-corrected chi connectivity index (χ1v) is 5.89. The van der Waals surface area contributed by atoms with Crippen molar-refractivity contribution in [1.82, 2.24) is 0 Å². The van der Waals surface area contributed by atoms with Crippen molar-refractivity contribution < 1.29 is 22.7 Å². The molecule has 2 nitrogen and oxygen atoms in total. The molecule has 0 amide bonds. The lowest BCUT2D eigenvalue weighted by Crippen LogP contribution is -2.15. The molecule has 0 N–H and O–H groups in total. The standard InChI is InChI=1S/C15H11F3O2/c16-11-5-6-14(18)15(8-11)20-9-12(19)7-10-3-1-2-4-13(10)17/h1-6,8H,7,9H2. The van der Waals surface area contributed by atoms with Crippen LogP contribution in [0.4, 0.5) is 13.2 Å². The van der Waals surface area contributed by atoms with Crippen molar-refractivity contribution in [3.8, 4) is 5.75 Å². The van der Waals surface area contributed by atoms with Gasteiger partial charge >= 0.3 is 0 Å². The number of ketones is 1. The van der Waals surface area contributed by atoms with Crippen molar-refractivity contribution in [3.63, 3.8) is 0 Å². The number of carbonyl (C=O) groups is 1. The second kappa shape index (κ2) is 6.23. The van der Waals surface area contributed by atoms with E-state index in [-0.39, 0.29) is 17.7 Å². The topological polar surface area (TPSA) is 26.3 Å². The van der Waals surface area contributed by atoms with Crippen LogP contribution in [0.15, 0.2) is 42.5 Å². The van der Waals surface area contributed by atoms with Gasteiger partial charge in [0, 0.05) is 12.5 Å². The largest absolute Gasteiger partial charge is 0.483 e. The predicted molar refractivity (Wildman–Crippen MR) is 67.0 cm³/mol. The molecule has 0 saturated carbocycles. The van der Waals surface area contributed by atoms with Gasteiger partial charge in [-0.2, -0.15) is 0 Å². The maximum atomic E-state index is 13.3. The van der Waals surface area contributed by atoms with Crippen LogP contribution in [-0.2, 0) is 11.2 Å². The van der Waals surface area contributed by atoms with E-state index >= 15 is 0 Å². The Morgan fingerprint density at radius 3 is 2.50 bits per heavy atom. The molecule has 0 heterocycles. The lowest BCUT2D eigenvalue weighted by molar-refractivity contribution is -0.120. The van der Waals surface area contributed by atoms with Crippen LogP contribution in [0.3, 0.4) is 0 Å². The van der Waals surface area contributed by atoms with Gasteiger partial charge in [0.25, 0.3) is 0 Å². The van der Waals surface area contributed by atoms with E-state index in [1.807, 2.05) is 0 Å². The Morgan fingerprint density at radius 2 is 1.75 bits per heavy atom. The molecule has 0 aliphatic rings. The molecule has 0 aliphatic carbocycles. The highest BCUT2D eigenvalue weighted by Gasteiger charge is 2.11. The van der Waals surface area contributed by atoms with Crippen LogP contribution in [0.25, 0.3) is 0 Å². The van der Waals surface area contributed by atoms with E-state index in [0.717, 1.165) is 18.2 Å². The Balaban J connectivity index is 1.96. The highest BCUT2D eigenvalue weighted by molar-refractivity contribution is 5.82. The summed E-state index contributed by atoms with van der Waals surface area (Å²) in [6.45, 7) is -0.450. The van der Waals surface area contributed by atoms with Gasteiger partial charge in [-0.05, 0) is 23.8 Å². The van der Waals surface area contributed by atoms with Gasteiger partial charge in [0.05, 0.1) is 0 Å². The molecule has 5 heteroatoms. The lowest BCUT2D eigenvalue weighted by Gasteiger charge is -2.07. The zero-order valence-corrected chi connectivity index (χ0v) is 10.4. The first-order valence-electron chi connectivity index (χ1n) is 5.89. The average molecular weight is 280 g/mol. The molecule has 2 rings (SSSR count). The van der Waals surface area contributed by atoms with Gasteiger partial charge in [-0.3, -0.25) is 4.79 Å². The molecular formula is C15H11F3O2. The van der Waals surface area contributed by atoms with Gasteiger partial charge in [-0.15, -0.1) is 0 Å². The second-order valence-corrected chi connectivity index (χ2v) is 4.17. The summed E-state index contributed by atoms with van der Waals surface area (Å²) in [7, 11) is 0. The number of Topliss-reactive ketones (excluding diaryl/α,β-unsaturated/α-hetero) is 1. The van der Waals surface area contributed by atoms with Gasteiger partial charge in [0.15, 0.2) is 17.3 Å². The van der Waals surface area contributed by atoms with Crippen LogP contribution in [-0.4, -0.2) is 12.4 Å². The second-order valence-electron chi connectivity index (χ2n) is 4.17. The molecule has 0 atom stereocenters. The van der Waals surface area contributed by atoms with Gasteiger partial charge < -0.3 is 4.74 Å². The minimum atomic E-state index is -0.759. The van der Waals surface area contributed by atoms with Crippen LogP contribution in [0.2, 0.25) is 0 Å². The number of hydrogen-bond acceptors (Lipinski definition) is 2. The van der Waals surface area contributed by atoms with Gasteiger partial charge in [0.2, 0.25) is 0 Å². The summed E-state index contributed by atoms with van der Waals surface area (Å²) in [6, 6.07) is 8.56. The smallest absolute Gasteiger partial charge is 0.174 e. The Morgan fingerprint density at radius 1 is 1.00 bits per heavy atom. The maximum absolute atomic E-state index is 13.3. The summed E-state index contributed by atoms with van der Waals surface area (Å²) < 4.78 is 44.4. The van der Waals surface area contributed by atoms with Crippen molar-refractivity contribution in [1.29, 1.82) is 0 Å². The Hall–Kier alpha value is -2.30. The minimum Gasteiger partial charge on any atom is -0.483 e. The number of benzene rings is 2. The number of carbonyl (C=O) groups excluding carboxylic acids is 1. The van der Waals surface area contributed by atoms with Crippen LogP contribution in [0.1, 0.15) is 5.56 Å². The van der Waals surface area contributed by atoms with Gasteiger partial charge in [0.1, 0.15) is 18.2 Å². The zero-order chi connectivity index (χ0) is 14.5. The molecule has 0 saturated heterocycles. The van der Waals surface area contributed by atoms with Gasteiger partial charge in [-0.25, -0.2) is 13.2 Å². The molecule has 0 fully saturated rings. The molecule has 0 bridgehead atoms. The van der Waals surface area contributed by atoms with Gasteiger partial charge in [-0.1, -0.05) is 18.2 Å². The molecule has 0 spiro atoms. The fourth-order valence-corrected chi connectivity index (χ4v) is 1.65. The summed E-state index contributed by atoms with van der Waals surface area (Å²) in [4.78, 5) is 11.6. The lowest BCUT2D eigenvalue weighted by atomic mass is 10.1. The third-order valence-electron chi connectivity index (χ3n) is 2.63. The van der Waals surface area contributed by atoms with E-state index in [1.165, 1.54) is 18.2 Å². The van der Waals surface area contributed by atoms with E-state index in [2.05, 4.69) is 0 Å². The fourth-order valence-electron chi connectivity index (χ4n) is 1.65. The molecule has 0 aliphatic heterocycles. The first kappa shape index (κ1) is 14.1. The van der Waals surface area contributed by atoms with Crippen LogP contribution in [0.5, 0.6) is 5.75 Å². The predicted octanol–water partition coefficient (Wildman–Crippen LogP) is 3.29. The van der Waals surface area contributed by atoms with Crippen LogP contribution >= 0.6 is 0 Å². The summed E-state index contributed by atoms with van der Waals surface area (Å²) in [5.41, 5.74) is 0.237. The SMILES string of the molecule is O=C(COc1cc(F)ccc1F)Cc1ccccc1F. The van der Waals surface area contributed by atoms with E-state index < -0.39 is 29.8 Å². The molecule has 0 unspecified atom stereocenters. The highest BCUT2D eigenvalue weighted by atomic mass is 19.1. The van der Waals surface area contributed by atoms with Crippen LogP contribution in [0, 0.1) is 17.5 Å².